The first-order valence-electron chi connectivity index (χ1n) is 6.21. The third-order valence-electron chi connectivity index (χ3n) is 3.04. The summed E-state index contributed by atoms with van der Waals surface area (Å²) < 4.78 is 5.28. The van der Waals surface area contributed by atoms with E-state index in [1.54, 1.807) is 6.20 Å². The Labute approximate surface area is 107 Å². The van der Waals surface area contributed by atoms with E-state index < -0.39 is 0 Å². The summed E-state index contributed by atoms with van der Waals surface area (Å²) in [6.45, 7) is 7.65. The number of carbonyl (C=O) groups is 1. The fourth-order valence-electron chi connectivity index (χ4n) is 2.07. The van der Waals surface area contributed by atoms with Crippen LogP contribution >= 0.6 is 0 Å². The van der Waals surface area contributed by atoms with Gasteiger partial charge in [-0.15, -0.1) is 6.58 Å². The molecule has 0 aliphatic carbocycles. The summed E-state index contributed by atoms with van der Waals surface area (Å²) in [6.07, 6.45) is 4.20. The number of aromatic nitrogens is 1. The quantitative estimate of drug-likeness (QED) is 0.746. The van der Waals surface area contributed by atoms with Crippen molar-refractivity contribution in [3.05, 3.63) is 36.5 Å². The number of ether oxygens (including phenoxy) is 1. The lowest BCUT2D eigenvalue weighted by atomic mass is 10.1. The maximum Gasteiger partial charge on any atom is 0.223 e. The summed E-state index contributed by atoms with van der Waals surface area (Å²) in [5.74, 6) is 1.10. The molecule has 2 heterocycles. The number of hydrogen-bond donors (Lipinski definition) is 0. The number of hydrogen-bond acceptors (Lipinski definition) is 3. The number of amides is 1. The van der Waals surface area contributed by atoms with Gasteiger partial charge in [0.25, 0.3) is 0 Å². The minimum absolute atomic E-state index is 0.189. The van der Waals surface area contributed by atoms with E-state index in [9.17, 15) is 4.79 Å². The zero-order valence-electron chi connectivity index (χ0n) is 10.6. The zero-order chi connectivity index (χ0) is 13.0. The van der Waals surface area contributed by atoms with Gasteiger partial charge in [-0.3, -0.25) is 4.79 Å². The van der Waals surface area contributed by atoms with Gasteiger partial charge in [0.2, 0.25) is 11.8 Å². The molecule has 4 heteroatoms. The fourth-order valence-corrected chi connectivity index (χ4v) is 2.07. The van der Waals surface area contributed by atoms with Gasteiger partial charge in [0.15, 0.2) is 0 Å². The van der Waals surface area contributed by atoms with E-state index in [2.05, 4.69) is 11.6 Å². The van der Waals surface area contributed by atoms with E-state index >= 15 is 0 Å². The minimum Gasteiger partial charge on any atom is -0.478 e. The predicted molar refractivity (Wildman–Crippen MR) is 69.1 cm³/mol. The average Bonchev–Trinajstić information content (AvgIpc) is 2.73. The second-order valence-electron chi connectivity index (χ2n) is 4.41. The Hall–Kier alpha value is -1.84. The molecule has 1 amide bonds. The van der Waals surface area contributed by atoms with E-state index in [1.165, 1.54) is 0 Å². The molecule has 1 aliphatic rings. The van der Waals surface area contributed by atoms with Crippen LogP contribution < -0.4 is 4.74 Å². The second-order valence-corrected chi connectivity index (χ2v) is 4.41. The minimum atomic E-state index is 0.189. The maximum absolute atomic E-state index is 11.8. The van der Waals surface area contributed by atoms with E-state index in [4.69, 9.17) is 4.74 Å². The van der Waals surface area contributed by atoms with Gasteiger partial charge < -0.3 is 9.64 Å². The van der Waals surface area contributed by atoms with Crippen molar-refractivity contribution in [3.8, 4) is 5.88 Å². The fraction of sp³-hybridized carbons (Fsp3) is 0.429. The lowest BCUT2D eigenvalue weighted by molar-refractivity contribution is -0.128. The normalized spacial score (nSPS) is 19.1. The molecule has 0 saturated carbocycles. The van der Waals surface area contributed by atoms with Crippen LogP contribution in [0.4, 0.5) is 0 Å². The van der Waals surface area contributed by atoms with Gasteiger partial charge in [0.1, 0.15) is 0 Å². The lowest BCUT2D eigenvalue weighted by Gasteiger charge is -2.16. The predicted octanol–water partition coefficient (Wildman–Crippen LogP) is 2.01. The van der Waals surface area contributed by atoms with Gasteiger partial charge in [-0.05, 0) is 12.5 Å². The molecule has 1 aliphatic heterocycles. The maximum atomic E-state index is 11.8. The second kappa shape index (κ2) is 5.67. The third-order valence-corrected chi connectivity index (χ3v) is 3.04. The van der Waals surface area contributed by atoms with Crippen LogP contribution in [0.1, 0.15) is 18.9 Å². The molecule has 1 fully saturated rings. The summed E-state index contributed by atoms with van der Waals surface area (Å²) in [5, 5.41) is 0. The van der Waals surface area contributed by atoms with Gasteiger partial charge in [0, 0.05) is 37.7 Å². The third kappa shape index (κ3) is 2.88. The summed E-state index contributed by atoms with van der Waals surface area (Å²) in [4.78, 5) is 17.8. The van der Waals surface area contributed by atoms with Gasteiger partial charge in [-0.1, -0.05) is 12.1 Å². The number of pyridine rings is 1. The van der Waals surface area contributed by atoms with Crippen molar-refractivity contribution < 1.29 is 9.53 Å². The Morgan fingerprint density at radius 2 is 2.44 bits per heavy atom. The molecule has 1 saturated heterocycles. The monoisotopic (exact) mass is 246 g/mol. The van der Waals surface area contributed by atoms with Crippen LogP contribution in [-0.2, 0) is 11.3 Å². The molecular weight excluding hydrogens is 228 g/mol. The molecular formula is C14H18N2O2. The molecule has 1 aromatic rings. The van der Waals surface area contributed by atoms with E-state index in [0.717, 1.165) is 12.1 Å². The molecule has 2 rings (SSSR count). The van der Waals surface area contributed by atoms with Gasteiger partial charge in [0.05, 0.1) is 6.61 Å². The molecule has 96 valence electrons. The zero-order valence-corrected chi connectivity index (χ0v) is 10.6. The highest BCUT2D eigenvalue weighted by atomic mass is 16.5. The number of nitrogens with zero attached hydrogens (tertiary/aromatic N) is 2. The summed E-state index contributed by atoms with van der Waals surface area (Å²) in [7, 11) is 0. The van der Waals surface area contributed by atoms with Crippen molar-refractivity contribution in [1.29, 1.82) is 0 Å². The van der Waals surface area contributed by atoms with Gasteiger partial charge >= 0.3 is 0 Å². The molecule has 1 atom stereocenters. The number of rotatable bonds is 5. The van der Waals surface area contributed by atoms with Crippen molar-refractivity contribution in [2.24, 2.45) is 5.92 Å². The smallest absolute Gasteiger partial charge is 0.223 e. The SMILES string of the molecule is C=CC1CC(=O)N(Cc2ccc(OCC)nc2)C1. The standard InChI is InChI=1S/C14H18N2O2/c1-3-11-7-14(17)16(9-11)10-12-5-6-13(15-8-12)18-4-2/h3,5-6,8,11H,1,4,7,9-10H2,2H3. The van der Waals surface area contributed by atoms with Gasteiger partial charge in [-0.2, -0.15) is 0 Å². The molecule has 1 unspecified atom stereocenters. The average molecular weight is 246 g/mol. The van der Waals surface area contributed by atoms with Gasteiger partial charge in [-0.25, -0.2) is 4.98 Å². The van der Waals surface area contributed by atoms with Crippen LogP contribution in [0.2, 0.25) is 0 Å². The first-order chi connectivity index (χ1) is 8.72. The van der Waals surface area contributed by atoms with Crippen LogP contribution in [0.25, 0.3) is 0 Å². The lowest BCUT2D eigenvalue weighted by Crippen LogP contribution is -2.24. The molecule has 0 aromatic carbocycles. The van der Waals surface area contributed by atoms with Crippen LogP contribution in [0.3, 0.4) is 0 Å². The molecule has 0 N–H and O–H groups in total. The van der Waals surface area contributed by atoms with Crippen molar-refractivity contribution in [2.75, 3.05) is 13.2 Å². The molecule has 1 aromatic heterocycles. The van der Waals surface area contributed by atoms with Crippen LogP contribution in [0, 0.1) is 5.92 Å². The largest absolute Gasteiger partial charge is 0.478 e. The number of carbonyl (C=O) groups excluding carboxylic acids is 1. The molecule has 4 nitrogen and oxygen atoms in total. The van der Waals surface area contributed by atoms with Crippen LogP contribution in [0.5, 0.6) is 5.88 Å². The highest BCUT2D eigenvalue weighted by Gasteiger charge is 2.27. The van der Waals surface area contributed by atoms with E-state index in [0.29, 0.717) is 25.5 Å². The van der Waals surface area contributed by atoms with Crippen LogP contribution in [0.15, 0.2) is 31.0 Å². The van der Waals surface area contributed by atoms with Crippen LogP contribution in [-0.4, -0.2) is 28.9 Å². The van der Waals surface area contributed by atoms with E-state index in [-0.39, 0.29) is 11.8 Å². The topological polar surface area (TPSA) is 42.4 Å². The highest BCUT2D eigenvalue weighted by Crippen LogP contribution is 2.20. The summed E-state index contributed by atoms with van der Waals surface area (Å²) >= 11 is 0. The summed E-state index contributed by atoms with van der Waals surface area (Å²) in [6, 6.07) is 3.79. The molecule has 0 bridgehead atoms. The summed E-state index contributed by atoms with van der Waals surface area (Å²) in [5.41, 5.74) is 1.02. The Morgan fingerprint density at radius 1 is 1.61 bits per heavy atom. The van der Waals surface area contributed by atoms with Crippen molar-refractivity contribution in [1.82, 2.24) is 9.88 Å². The first kappa shape index (κ1) is 12.6. The Balaban J connectivity index is 1.97. The Morgan fingerprint density at radius 3 is 3.00 bits per heavy atom. The number of likely N-dealkylation sites (tertiary alicyclic amines) is 1. The Bertz CT molecular complexity index is 428. The van der Waals surface area contributed by atoms with Crippen molar-refractivity contribution in [2.45, 2.75) is 19.9 Å². The van der Waals surface area contributed by atoms with Crippen molar-refractivity contribution >= 4 is 5.91 Å². The Kier molecular flexibility index (Phi) is 3.97. The molecule has 18 heavy (non-hydrogen) atoms. The van der Waals surface area contributed by atoms with E-state index in [1.807, 2.05) is 30.0 Å². The molecule has 0 spiro atoms. The highest BCUT2D eigenvalue weighted by molar-refractivity contribution is 5.78. The molecule has 0 radical (unpaired) electrons. The van der Waals surface area contributed by atoms with Crippen molar-refractivity contribution in [3.63, 3.8) is 0 Å². The first-order valence-corrected chi connectivity index (χ1v) is 6.21.